The summed E-state index contributed by atoms with van der Waals surface area (Å²) < 4.78 is 39.8. The summed E-state index contributed by atoms with van der Waals surface area (Å²) >= 11 is 5.76. The number of nitrogens with two attached hydrogens (primary N) is 3. The number of guanidine groups is 2. The monoisotopic (exact) mass is 345 g/mol. The lowest BCUT2D eigenvalue weighted by atomic mass is 10.1. The van der Waals surface area contributed by atoms with Crippen LogP contribution in [0.5, 0.6) is 0 Å². The third-order valence-corrected chi connectivity index (χ3v) is 2.77. The Kier molecular flexibility index (Phi) is 4.45. The predicted molar refractivity (Wildman–Crippen MR) is 80.7 cm³/mol. The minimum Gasteiger partial charge on any atom is -0.370 e. The van der Waals surface area contributed by atoms with Crippen LogP contribution in [-0.2, 0) is 6.18 Å². The van der Waals surface area contributed by atoms with Crippen LogP contribution in [0.2, 0.25) is 5.02 Å². The van der Waals surface area contributed by atoms with Crippen molar-refractivity contribution in [3.8, 4) is 5.69 Å². The molecule has 0 saturated carbocycles. The van der Waals surface area contributed by atoms with Crippen LogP contribution >= 0.6 is 11.6 Å². The van der Waals surface area contributed by atoms with Gasteiger partial charge in [0.1, 0.15) is 0 Å². The molecular weight excluding hydrogens is 335 g/mol. The summed E-state index contributed by atoms with van der Waals surface area (Å²) in [5, 5.41) is 4.22. The van der Waals surface area contributed by atoms with Gasteiger partial charge in [-0.05, 0) is 18.2 Å². The molecule has 0 radical (unpaired) electrons. The van der Waals surface area contributed by atoms with Crippen molar-refractivity contribution in [1.82, 2.24) is 9.78 Å². The number of rotatable bonds is 2. The maximum absolute atomic E-state index is 12.9. The number of aliphatic imine (C=N–C) groups is 2. The van der Waals surface area contributed by atoms with E-state index in [4.69, 9.17) is 28.8 Å². The summed E-state index contributed by atoms with van der Waals surface area (Å²) in [5.74, 6) is -0.772. The first kappa shape index (κ1) is 16.6. The van der Waals surface area contributed by atoms with E-state index < -0.39 is 17.7 Å². The van der Waals surface area contributed by atoms with E-state index in [1.807, 2.05) is 0 Å². The van der Waals surface area contributed by atoms with Gasteiger partial charge in [-0.3, -0.25) is 0 Å². The van der Waals surface area contributed by atoms with E-state index in [2.05, 4.69) is 15.1 Å². The molecule has 2 aromatic rings. The first-order valence-electron chi connectivity index (χ1n) is 6.02. The second-order valence-corrected chi connectivity index (χ2v) is 4.75. The number of benzene rings is 1. The molecule has 0 spiro atoms. The normalized spacial score (nSPS) is 12.3. The van der Waals surface area contributed by atoms with Crippen molar-refractivity contribution in [3.63, 3.8) is 0 Å². The summed E-state index contributed by atoms with van der Waals surface area (Å²) in [5.41, 5.74) is 15.0. The van der Waals surface area contributed by atoms with Crippen molar-refractivity contribution in [3.05, 3.63) is 41.2 Å². The Hall–Kier alpha value is -2.75. The Morgan fingerprint density at radius 3 is 2.43 bits per heavy atom. The van der Waals surface area contributed by atoms with E-state index in [-0.39, 0.29) is 17.3 Å². The zero-order valence-electron chi connectivity index (χ0n) is 11.4. The second-order valence-electron chi connectivity index (χ2n) is 4.31. The minimum atomic E-state index is -4.55. The van der Waals surface area contributed by atoms with Gasteiger partial charge in [0.25, 0.3) is 0 Å². The van der Waals surface area contributed by atoms with Crippen molar-refractivity contribution in [2.45, 2.75) is 6.18 Å². The molecule has 0 unspecified atom stereocenters. The van der Waals surface area contributed by atoms with Crippen LogP contribution in [0.25, 0.3) is 5.69 Å². The molecule has 0 atom stereocenters. The molecule has 0 aliphatic carbocycles. The molecular formula is C12H11ClF3N7. The number of hydrogen-bond donors (Lipinski definition) is 3. The topological polar surface area (TPSA) is 121 Å². The zero-order chi connectivity index (χ0) is 17.2. The molecule has 0 fully saturated rings. The lowest BCUT2D eigenvalue weighted by Crippen LogP contribution is -2.26. The van der Waals surface area contributed by atoms with Crippen LogP contribution in [0.15, 0.2) is 40.6 Å². The SMILES string of the molecule is NC(N)=NC(N)=Nc1cc(C(F)(F)F)ccc1-n1cc(Cl)cn1. The van der Waals surface area contributed by atoms with Gasteiger partial charge in [0, 0.05) is 6.20 Å². The van der Waals surface area contributed by atoms with Crippen LogP contribution in [0.4, 0.5) is 18.9 Å². The van der Waals surface area contributed by atoms with Crippen molar-refractivity contribution in [1.29, 1.82) is 0 Å². The molecule has 11 heteroatoms. The highest BCUT2D eigenvalue weighted by Gasteiger charge is 2.31. The highest BCUT2D eigenvalue weighted by molar-refractivity contribution is 6.30. The molecule has 1 aromatic carbocycles. The minimum absolute atomic E-state index is 0.123. The van der Waals surface area contributed by atoms with Gasteiger partial charge in [0.15, 0.2) is 5.96 Å². The molecule has 122 valence electrons. The van der Waals surface area contributed by atoms with Gasteiger partial charge in [-0.1, -0.05) is 11.6 Å². The van der Waals surface area contributed by atoms with Gasteiger partial charge in [0.05, 0.1) is 28.2 Å². The quantitative estimate of drug-likeness (QED) is 0.567. The number of aromatic nitrogens is 2. The molecule has 0 amide bonds. The van der Waals surface area contributed by atoms with Crippen LogP contribution in [0.3, 0.4) is 0 Å². The molecule has 0 saturated heterocycles. The fourth-order valence-corrected chi connectivity index (χ4v) is 1.83. The summed E-state index contributed by atoms with van der Waals surface area (Å²) in [7, 11) is 0. The van der Waals surface area contributed by atoms with Crippen molar-refractivity contribution < 1.29 is 13.2 Å². The number of nitrogens with zero attached hydrogens (tertiary/aromatic N) is 4. The molecule has 23 heavy (non-hydrogen) atoms. The fourth-order valence-electron chi connectivity index (χ4n) is 1.70. The lowest BCUT2D eigenvalue weighted by molar-refractivity contribution is -0.137. The Morgan fingerprint density at radius 1 is 1.22 bits per heavy atom. The van der Waals surface area contributed by atoms with Gasteiger partial charge in [-0.25, -0.2) is 9.67 Å². The highest BCUT2D eigenvalue weighted by atomic mass is 35.5. The molecule has 6 N–H and O–H groups in total. The Balaban J connectivity index is 2.61. The number of alkyl halides is 3. The van der Waals surface area contributed by atoms with E-state index in [9.17, 15) is 13.2 Å². The largest absolute Gasteiger partial charge is 0.416 e. The predicted octanol–water partition coefficient (Wildman–Crippen LogP) is 1.76. The van der Waals surface area contributed by atoms with Gasteiger partial charge in [0.2, 0.25) is 5.96 Å². The Morgan fingerprint density at radius 2 is 1.91 bits per heavy atom. The van der Waals surface area contributed by atoms with Crippen LogP contribution < -0.4 is 17.2 Å². The van der Waals surface area contributed by atoms with Crippen molar-refractivity contribution in [2.75, 3.05) is 0 Å². The average Bonchev–Trinajstić information content (AvgIpc) is 2.83. The van der Waals surface area contributed by atoms with Gasteiger partial charge in [-0.2, -0.15) is 23.3 Å². The highest BCUT2D eigenvalue weighted by Crippen LogP contribution is 2.34. The molecule has 0 aliphatic rings. The standard InChI is InChI=1S/C12H11ClF3N7/c13-7-4-20-23(5-7)9-2-1-6(12(14,15)16)3-8(9)21-11(19)22-10(17)18/h1-5H,(H6,17,18,19,21,22). The summed E-state index contributed by atoms with van der Waals surface area (Å²) in [6.07, 6.45) is -1.82. The molecule has 7 nitrogen and oxygen atoms in total. The first-order chi connectivity index (χ1) is 10.7. The smallest absolute Gasteiger partial charge is 0.370 e. The summed E-state index contributed by atoms with van der Waals surface area (Å²) in [6.45, 7) is 0. The molecule has 0 aliphatic heterocycles. The summed E-state index contributed by atoms with van der Waals surface area (Å²) in [6, 6.07) is 2.88. The van der Waals surface area contributed by atoms with Gasteiger partial charge < -0.3 is 17.2 Å². The van der Waals surface area contributed by atoms with E-state index in [1.54, 1.807) is 0 Å². The second kappa shape index (κ2) is 6.16. The third-order valence-electron chi connectivity index (χ3n) is 2.58. The zero-order valence-corrected chi connectivity index (χ0v) is 12.2. The number of halogens is 4. The van der Waals surface area contributed by atoms with E-state index in [1.165, 1.54) is 23.1 Å². The van der Waals surface area contributed by atoms with Gasteiger partial charge in [-0.15, -0.1) is 0 Å². The van der Waals surface area contributed by atoms with Crippen molar-refractivity contribution in [2.24, 2.45) is 27.2 Å². The molecule has 1 aromatic heterocycles. The maximum atomic E-state index is 12.9. The van der Waals surface area contributed by atoms with E-state index >= 15 is 0 Å². The van der Waals surface area contributed by atoms with E-state index in [0.717, 1.165) is 12.1 Å². The van der Waals surface area contributed by atoms with Crippen LogP contribution in [0, 0.1) is 0 Å². The van der Waals surface area contributed by atoms with Crippen LogP contribution in [-0.4, -0.2) is 21.7 Å². The third kappa shape index (κ3) is 4.13. The van der Waals surface area contributed by atoms with Crippen molar-refractivity contribution >= 4 is 29.2 Å². The molecule has 0 bridgehead atoms. The van der Waals surface area contributed by atoms with Crippen LogP contribution in [0.1, 0.15) is 5.56 Å². The Bertz CT molecular complexity index is 775. The maximum Gasteiger partial charge on any atom is 0.416 e. The molecule has 1 heterocycles. The molecule has 2 rings (SSSR count). The lowest BCUT2D eigenvalue weighted by Gasteiger charge is -2.11. The fraction of sp³-hybridized carbons (Fsp3) is 0.0833. The van der Waals surface area contributed by atoms with E-state index in [0.29, 0.717) is 5.02 Å². The van der Waals surface area contributed by atoms with Gasteiger partial charge >= 0.3 is 6.18 Å². The average molecular weight is 346 g/mol. The Labute approximate surface area is 133 Å². The first-order valence-corrected chi connectivity index (χ1v) is 6.40. The number of hydrogen-bond acceptors (Lipinski definition) is 2. The summed E-state index contributed by atoms with van der Waals surface area (Å²) in [4.78, 5) is 7.27.